The van der Waals surface area contributed by atoms with E-state index in [9.17, 15) is 0 Å². The van der Waals surface area contributed by atoms with Gasteiger partial charge in [0.05, 0.1) is 19.3 Å². The fraction of sp³-hybridized carbons (Fsp3) is 0.308. The summed E-state index contributed by atoms with van der Waals surface area (Å²) in [4.78, 5) is 4.09. The Kier molecular flexibility index (Phi) is 3.32. The van der Waals surface area contributed by atoms with Gasteiger partial charge in [-0.05, 0) is 19.9 Å². The van der Waals surface area contributed by atoms with Crippen LogP contribution in [0.1, 0.15) is 18.2 Å². The molecule has 0 aliphatic heterocycles. The van der Waals surface area contributed by atoms with Crippen molar-refractivity contribution in [3.8, 4) is 5.75 Å². The number of hydrogen-bond donors (Lipinski definition) is 1. The van der Waals surface area contributed by atoms with Gasteiger partial charge in [0.2, 0.25) is 5.95 Å². The molecule has 0 aliphatic carbocycles. The van der Waals surface area contributed by atoms with Gasteiger partial charge in [0.15, 0.2) is 0 Å². The zero-order chi connectivity index (χ0) is 12.3. The van der Waals surface area contributed by atoms with Crippen LogP contribution in [0.5, 0.6) is 5.75 Å². The normalized spacial score (nSPS) is 10.5. The Morgan fingerprint density at radius 1 is 1.35 bits per heavy atom. The van der Waals surface area contributed by atoms with E-state index < -0.39 is 0 Å². The summed E-state index contributed by atoms with van der Waals surface area (Å²) in [5, 5.41) is 0. The van der Waals surface area contributed by atoms with Crippen molar-refractivity contribution < 1.29 is 4.74 Å². The lowest BCUT2D eigenvalue weighted by molar-refractivity contribution is 0.336. The number of aromatic nitrogens is 2. The maximum atomic E-state index is 5.82. The van der Waals surface area contributed by atoms with E-state index in [4.69, 9.17) is 10.5 Å². The smallest absolute Gasteiger partial charge is 0.200 e. The van der Waals surface area contributed by atoms with E-state index in [1.807, 2.05) is 42.7 Å². The molecule has 17 heavy (non-hydrogen) atoms. The highest BCUT2D eigenvalue weighted by atomic mass is 16.5. The van der Waals surface area contributed by atoms with Crippen molar-refractivity contribution in [3.05, 3.63) is 41.7 Å². The highest BCUT2D eigenvalue weighted by molar-refractivity contribution is 5.35. The lowest BCUT2D eigenvalue weighted by Gasteiger charge is -2.12. The molecule has 4 nitrogen and oxygen atoms in total. The number of hydrogen-bond acceptors (Lipinski definition) is 3. The number of imidazole rings is 1. The third kappa shape index (κ3) is 2.41. The predicted octanol–water partition coefficient (Wildman–Crippen LogP) is 2.22. The van der Waals surface area contributed by atoms with Crippen molar-refractivity contribution >= 4 is 5.95 Å². The molecule has 0 spiro atoms. The number of anilines is 1. The van der Waals surface area contributed by atoms with Crippen LogP contribution in [0.25, 0.3) is 0 Å². The molecule has 1 aromatic heterocycles. The standard InChI is InChI=1S/C13H17N3O/c1-3-17-12-7-5-4-6-11(12)9-16-10(2)8-15-13(16)14/h4-8H,3,9H2,1-2H3,(H2,14,15). The minimum atomic E-state index is 0.536. The summed E-state index contributed by atoms with van der Waals surface area (Å²) in [6.07, 6.45) is 1.78. The number of para-hydroxylation sites is 1. The number of aryl methyl sites for hydroxylation is 1. The number of benzene rings is 1. The predicted molar refractivity (Wildman–Crippen MR) is 68.1 cm³/mol. The molecule has 0 bridgehead atoms. The van der Waals surface area contributed by atoms with Gasteiger partial charge in [-0.25, -0.2) is 4.98 Å². The third-order valence-corrected chi connectivity index (χ3v) is 2.69. The molecule has 2 N–H and O–H groups in total. The third-order valence-electron chi connectivity index (χ3n) is 2.69. The first-order valence-corrected chi connectivity index (χ1v) is 5.70. The Morgan fingerprint density at radius 3 is 2.76 bits per heavy atom. The van der Waals surface area contributed by atoms with Crippen molar-refractivity contribution in [1.82, 2.24) is 9.55 Å². The zero-order valence-electron chi connectivity index (χ0n) is 10.2. The van der Waals surface area contributed by atoms with E-state index in [0.29, 0.717) is 19.1 Å². The van der Waals surface area contributed by atoms with Crippen molar-refractivity contribution in [2.45, 2.75) is 20.4 Å². The van der Waals surface area contributed by atoms with Crippen LogP contribution in [0, 0.1) is 6.92 Å². The van der Waals surface area contributed by atoms with E-state index in [1.54, 1.807) is 6.20 Å². The molecule has 0 saturated heterocycles. The van der Waals surface area contributed by atoms with E-state index >= 15 is 0 Å². The summed E-state index contributed by atoms with van der Waals surface area (Å²) in [7, 11) is 0. The summed E-state index contributed by atoms with van der Waals surface area (Å²) in [5.74, 6) is 1.44. The minimum absolute atomic E-state index is 0.536. The van der Waals surface area contributed by atoms with Crippen LogP contribution in [0.2, 0.25) is 0 Å². The molecule has 0 amide bonds. The summed E-state index contributed by atoms with van der Waals surface area (Å²) < 4.78 is 7.56. The molecule has 1 heterocycles. The first-order chi connectivity index (χ1) is 8.22. The van der Waals surface area contributed by atoms with Crippen molar-refractivity contribution in [2.24, 2.45) is 0 Å². The summed E-state index contributed by atoms with van der Waals surface area (Å²) in [5.41, 5.74) is 7.99. The highest BCUT2D eigenvalue weighted by Crippen LogP contribution is 2.20. The van der Waals surface area contributed by atoms with Crippen LogP contribution in [0.3, 0.4) is 0 Å². The summed E-state index contributed by atoms with van der Waals surface area (Å²) in [6.45, 7) is 5.32. The fourth-order valence-electron chi connectivity index (χ4n) is 1.79. The second kappa shape index (κ2) is 4.91. The van der Waals surface area contributed by atoms with Crippen LogP contribution in [-0.4, -0.2) is 16.2 Å². The van der Waals surface area contributed by atoms with Crippen molar-refractivity contribution in [1.29, 1.82) is 0 Å². The monoisotopic (exact) mass is 231 g/mol. The largest absolute Gasteiger partial charge is 0.494 e. The Morgan fingerprint density at radius 2 is 2.12 bits per heavy atom. The second-order valence-corrected chi connectivity index (χ2v) is 3.88. The van der Waals surface area contributed by atoms with Crippen LogP contribution in [0.4, 0.5) is 5.95 Å². The molecule has 0 radical (unpaired) electrons. The van der Waals surface area contributed by atoms with E-state index in [-0.39, 0.29) is 0 Å². The topological polar surface area (TPSA) is 53.1 Å². The van der Waals surface area contributed by atoms with Gasteiger partial charge in [0.1, 0.15) is 5.75 Å². The number of nitrogens with zero attached hydrogens (tertiary/aromatic N) is 2. The SMILES string of the molecule is CCOc1ccccc1Cn1c(C)cnc1N. The lowest BCUT2D eigenvalue weighted by Crippen LogP contribution is -2.07. The lowest BCUT2D eigenvalue weighted by atomic mass is 10.2. The Hall–Kier alpha value is -1.97. The molecule has 0 unspecified atom stereocenters. The Bertz CT molecular complexity index is 486. The minimum Gasteiger partial charge on any atom is -0.494 e. The van der Waals surface area contributed by atoms with E-state index in [1.165, 1.54) is 0 Å². The van der Waals surface area contributed by atoms with Gasteiger partial charge >= 0.3 is 0 Å². The Labute approximate surface area is 101 Å². The average molecular weight is 231 g/mol. The van der Waals surface area contributed by atoms with Crippen LogP contribution in [0.15, 0.2) is 30.5 Å². The highest BCUT2D eigenvalue weighted by Gasteiger charge is 2.07. The van der Waals surface area contributed by atoms with Gasteiger partial charge in [-0.2, -0.15) is 0 Å². The molecule has 0 saturated carbocycles. The van der Waals surface area contributed by atoms with Crippen molar-refractivity contribution in [2.75, 3.05) is 12.3 Å². The second-order valence-electron chi connectivity index (χ2n) is 3.88. The number of nitrogen functional groups attached to an aromatic ring is 1. The van der Waals surface area contributed by atoms with Crippen molar-refractivity contribution in [3.63, 3.8) is 0 Å². The van der Waals surface area contributed by atoms with Gasteiger partial charge in [-0.15, -0.1) is 0 Å². The maximum Gasteiger partial charge on any atom is 0.200 e. The molecular weight excluding hydrogens is 214 g/mol. The molecule has 2 aromatic rings. The summed E-state index contributed by atoms with van der Waals surface area (Å²) >= 11 is 0. The van der Waals surface area contributed by atoms with Gasteiger partial charge in [0, 0.05) is 11.3 Å². The van der Waals surface area contributed by atoms with Crippen LogP contribution in [-0.2, 0) is 6.54 Å². The number of nitrogens with two attached hydrogens (primary N) is 1. The fourth-order valence-corrected chi connectivity index (χ4v) is 1.79. The summed E-state index contributed by atoms with van der Waals surface area (Å²) in [6, 6.07) is 7.99. The van der Waals surface area contributed by atoms with E-state index in [0.717, 1.165) is 17.0 Å². The molecule has 4 heteroatoms. The molecule has 1 aromatic carbocycles. The first-order valence-electron chi connectivity index (χ1n) is 5.70. The Balaban J connectivity index is 2.30. The maximum absolute atomic E-state index is 5.82. The number of ether oxygens (including phenoxy) is 1. The van der Waals surface area contributed by atoms with Gasteiger partial charge < -0.3 is 15.0 Å². The first kappa shape index (κ1) is 11.5. The van der Waals surface area contributed by atoms with Gasteiger partial charge in [-0.3, -0.25) is 0 Å². The van der Waals surface area contributed by atoms with E-state index in [2.05, 4.69) is 4.98 Å². The van der Waals surface area contributed by atoms with Crippen LogP contribution < -0.4 is 10.5 Å². The molecule has 0 atom stereocenters. The van der Waals surface area contributed by atoms with Crippen LogP contribution >= 0.6 is 0 Å². The molecular formula is C13H17N3O. The van der Waals surface area contributed by atoms with Gasteiger partial charge in [-0.1, -0.05) is 18.2 Å². The zero-order valence-corrected chi connectivity index (χ0v) is 10.2. The molecule has 2 rings (SSSR count). The molecule has 90 valence electrons. The van der Waals surface area contributed by atoms with Gasteiger partial charge in [0.25, 0.3) is 0 Å². The quantitative estimate of drug-likeness (QED) is 0.877. The average Bonchev–Trinajstić information content (AvgIpc) is 2.64. The molecule has 0 aliphatic rings. The molecule has 0 fully saturated rings. The number of rotatable bonds is 4.